The Morgan fingerprint density at radius 2 is 2.04 bits per heavy atom. The zero-order chi connectivity index (χ0) is 17.3. The van der Waals surface area contributed by atoms with Crippen molar-refractivity contribution in [1.29, 1.82) is 0 Å². The van der Waals surface area contributed by atoms with E-state index in [9.17, 15) is 4.79 Å². The van der Waals surface area contributed by atoms with Gasteiger partial charge in [0.1, 0.15) is 5.69 Å². The molecule has 0 aliphatic rings. The maximum Gasteiger partial charge on any atom is 0.265 e. The van der Waals surface area contributed by atoms with E-state index in [0.29, 0.717) is 10.7 Å². The number of halogens is 1. The summed E-state index contributed by atoms with van der Waals surface area (Å²) in [5, 5.41) is 3.35. The number of carbonyl (C=O) groups excluding carboxylic acids is 1. The van der Waals surface area contributed by atoms with Gasteiger partial charge in [-0.3, -0.25) is 4.79 Å². The second-order valence-corrected chi connectivity index (χ2v) is 7.68. The van der Waals surface area contributed by atoms with Crippen LogP contribution in [-0.2, 0) is 10.9 Å². The Hall–Kier alpha value is -1.87. The molecule has 0 saturated carbocycles. The largest absolute Gasteiger partial charge is 0.364 e. The molecule has 0 radical (unpaired) electrons. The smallest absolute Gasteiger partial charge is 0.265 e. The van der Waals surface area contributed by atoms with E-state index in [1.165, 1.54) is 5.56 Å². The third-order valence-corrected chi connectivity index (χ3v) is 6.30. The second-order valence-electron chi connectivity index (χ2n) is 5.36. The molecular formula is C18H18ClN2O2P. The Kier molecular flexibility index (Phi) is 4.91. The molecule has 1 atom stereocenters. The number of rotatable bonds is 5. The zero-order valence-electron chi connectivity index (χ0n) is 13.5. The molecule has 3 N–H and O–H groups in total. The minimum Gasteiger partial charge on any atom is -0.364 e. The summed E-state index contributed by atoms with van der Waals surface area (Å²) in [6.07, 6.45) is 0.882. The van der Waals surface area contributed by atoms with Gasteiger partial charge in [0.05, 0.1) is 8.15 Å². The van der Waals surface area contributed by atoms with Crippen molar-refractivity contribution >= 4 is 47.2 Å². The number of benzene rings is 2. The Bertz CT molecular complexity index is 907. The van der Waals surface area contributed by atoms with E-state index in [0.717, 1.165) is 27.9 Å². The molecule has 6 heteroatoms. The summed E-state index contributed by atoms with van der Waals surface area (Å²) in [5.74, 6) is -0.504. The molecule has 1 heterocycles. The zero-order valence-corrected chi connectivity index (χ0v) is 15.1. The third-order valence-electron chi connectivity index (χ3n) is 3.96. The van der Waals surface area contributed by atoms with Gasteiger partial charge >= 0.3 is 0 Å². The lowest BCUT2D eigenvalue weighted by Gasteiger charge is -2.19. The van der Waals surface area contributed by atoms with Crippen molar-refractivity contribution in [2.45, 2.75) is 13.3 Å². The highest BCUT2D eigenvalue weighted by atomic mass is 35.5. The van der Waals surface area contributed by atoms with Crippen LogP contribution in [0.4, 0.5) is 0 Å². The van der Waals surface area contributed by atoms with Gasteiger partial charge in [0, 0.05) is 33.6 Å². The number of aromatic amines is 1. The first-order chi connectivity index (χ1) is 11.6. The average Bonchev–Trinajstić information content (AvgIpc) is 2.95. The van der Waals surface area contributed by atoms with Gasteiger partial charge in [-0.2, -0.15) is 0 Å². The lowest BCUT2D eigenvalue weighted by atomic mass is 10.2. The summed E-state index contributed by atoms with van der Waals surface area (Å²) in [5.41, 5.74) is 8.00. The number of primary amides is 1. The quantitative estimate of drug-likeness (QED) is 0.684. The Morgan fingerprint density at radius 1 is 1.29 bits per heavy atom. The summed E-state index contributed by atoms with van der Waals surface area (Å²) >= 11 is 6.17. The molecule has 0 spiro atoms. The third kappa shape index (κ3) is 2.93. The second kappa shape index (κ2) is 6.94. The summed E-state index contributed by atoms with van der Waals surface area (Å²) in [7, 11) is 0.465. The summed E-state index contributed by atoms with van der Waals surface area (Å²) in [6.45, 7) is 2.10. The van der Waals surface area contributed by atoms with Gasteiger partial charge in [0.25, 0.3) is 5.91 Å². The number of aromatic nitrogens is 1. The van der Waals surface area contributed by atoms with Crippen molar-refractivity contribution in [1.82, 2.24) is 4.98 Å². The van der Waals surface area contributed by atoms with Crippen molar-refractivity contribution in [3.8, 4) is 0 Å². The van der Waals surface area contributed by atoms with Crippen LogP contribution in [0.2, 0.25) is 5.02 Å². The van der Waals surface area contributed by atoms with E-state index in [1.54, 1.807) is 13.2 Å². The summed E-state index contributed by atoms with van der Waals surface area (Å²) < 4.78 is 5.86. The first kappa shape index (κ1) is 17.0. The van der Waals surface area contributed by atoms with Crippen LogP contribution in [0.3, 0.4) is 0 Å². The highest BCUT2D eigenvalue weighted by molar-refractivity contribution is 7.69. The number of nitrogens with one attached hydrogen (secondary N) is 1. The van der Waals surface area contributed by atoms with E-state index in [4.69, 9.17) is 21.9 Å². The van der Waals surface area contributed by atoms with Crippen LogP contribution < -0.4 is 16.3 Å². The molecule has 1 unspecified atom stereocenters. The minimum absolute atomic E-state index is 0.381. The molecule has 0 saturated heterocycles. The number of carbonyl (C=O) groups is 1. The number of hydrogen-bond donors (Lipinski definition) is 2. The SMILES string of the molecule is CCc1ccccc1P(OC)c1c(C(N)=O)[nH]c2ccc(Cl)cc12. The number of hydrogen-bond acceptors (Lipinski definition) is 2. The Morgan fingerprint density at radius 3 is 2.71 bits per heavy atom. The molecule has 1 amide bonds. The van der Waals surface area contributed by atoms with Crippen molar-refractivity contribution in [3.63, 3.8) is 0 Å². The average molecular weight is 361 g/mol. The molecule has 24 heavy (non-hydrogen) atoms. The van der Waals surface area contributed by atoms with Gasteiger partial charge in [0.15, 0.2) is 0 Å². The number of amides is 1. The summed E-state index contributed by atoms with van der Waals surface area (Å²) in [4.78, 5) is 15.1. The topological polar surface area (TPSA) is 68.1 Å². The van der Waals surface area contributed by atoms with E-state index in [-0.39, 0.29) is 0 Å². The van der Waals surface area contributed by atoms with Gasteiger partial charge in [-0.25, -0.2) is 0 Å². The van der Waals surface area contributed by atoms with E-state index >= 15 is 0 Å². The normalized spacial score (nSPS) is 12.5. The highest BCUT2D eigenvalue weighted by Crippen LogP contribution is 2.40. The molecule has 0 bridgehead atoms. The van der Waals surface area contributed by atoms with Gasteiger partial charge < -0.3 is 15.2 Å². The summed E-state index contributed by atoms with van der Waals surface area (Å²) in [6, 6.07) is 13.6. The Balaban J connectivity index is 2.30. The van der Waals surface area contributed by atoms with Crippen LogP contribution in [0.1, 0.15) is 23.0 Å². The van der Waals surface area contributed by atoms with E-state index in [2.05, 4.69) is 18.0 Å². The maximum atomic E-state index is 12.0. The van der Waals surface area contributed by atoms with Crippen LogP contribution in [0.15, 0.2) is 42.5 Å². The first-order valence-corrected chi connectivity index (χ1v) is 9.23. The monoisotopic (exact) mass is 360 g/mol. The van der Waals surface area contributed by atoms with Crippen LogP contribution in [0.5, 0.6) is 0 Å². The molecule has 0 aliphatic carbocycles. The highest BCUT2D eigenvalue weighted by Gasteiger charge is 2.26. The first-order valence-electron chi connectivity index (χ1n) is 7.60. The number of nitrogens with two attached hydrogens (primary N) is 1. The number of H-pyrrole nitrogens is 1. The molecule has 0 aliphatic heterocycles. The van der Waals surface area contributed by atoms with Gasteiger partial charge in [0.2, 0.25) is 0 Å². The van der Waals surface area contributed by atoms with E-state index in [1.807, 2.05) is 30.3 Å². The van der Waals surface area contributed by atoms with Crippen molar-refractivity contribution in [2.75, 3.05) is 7.11 Å². The standard InChI is InChI=1S/C18H18ClN2O2P/c1-3-11-6-4-5-7-15(11)24(23-2)17-13-10-12(19)8-9-14(13)21-16(17)18(20)22/h4-10,21H,3H2,1-2H3,(H2,20,22). The number of fused-ring (bicyclic) bond motifs is 1. The fourth-order valence-corrected chi connectivity index (χ4v) is 5.14. The van der Waals surface area contributed by atoms with E-state index < -0.39 is 14.1 Å². The fraction of sp³-hybridized carbons (Fsp3) is 0.167. The lowest BCUT2D eigenvalue weighted by Crippen LogP contribution is -2.24. The predicted octanol–water partition coefficient (Wildman–Crippen LogP) is 3.48. The van der Waals surface area contributed by atoms with Gasteiger partial charge in [-0.15, -0.1) is 0 Å². The van der Waals surface area contributed by atoms with Gasteiger partial charge in [-0.1, -0.05) is 42.8 Å². The maximum absolute atomic E-state index is 12.0. The van der Waals surface area contributed by atoms with Crippen LogP contribution >= 0.6 is 19.7 Å². The Labute approximate surface area is 146 Å². The molecule has 124 valence electrons. The van der Waals surface area contributed by atoms with Crippen LogP contribution in [0.25, 0.3) is 10.9 Å². The van der Waals surface area contributed by atoms with Crippen molar-refractivity contribution in [3.05, 3.63) is 58.7 Å². The molecule has 3 rings (SSSR count). The fourth-order valence-electron chi connectivity index (χ4n) is 2.86. The van der Waals surface area contributed by atoms with Crippen LogP contribution in [-0.4, -0.2) is 18.0 Å². The molecule has 3 aromatic rings. The minimum atomic E-state index is -1.19. The van der Waals surface area contributed by atoms with Gasteiger partial charge in [-0.05, 0) is 30.2 Å². The number of aryl methyl sites for hydroxylation is 1. The molecule has 2 aromatic carbocycles. The van der Waals surface area contributed by atoms with Crippen molar-refractivity contribution in [2.24, 2.45) is 5.73 Å². The molecule has 0 fully saturated rings. The molecule has 1 aromatic heterocycles. The van der Waals surface area contributed by atoms with Crippen molar-refractivity contribution < 1.29 is 9.32 Å². The molecular weight excluding hydrogens is 343 g/mol. The van der Waals surface area contributed by atoms with Crippen LogP contribution in [0, 0.1) is 0 Å². The molecule has 4 nitrogen and oxygen atoms in total. The predicted molar refractivity (Wildman–Crippen MR) is 101 cm³/mol. The lowest BCUT2D eigenvalue weighted by molar-refractivity contribution is 0.0997.